The zero-order chi connectivity index (χ0) is 39.6. The van der Waals surface area contributed by atoms with Gasteiger partial charge in [0.15, 0.2) is 17.5 Å². The van der Waals surface area contributed by atoms with E-state index in [2.05, 4.69) is 161 Å². The highest BCUT2D eigenvalue weighted by Gasteiger charge is 2.18. The van der Waals surface area contributed by atoms with Crippen molar-refractivity contribution in [2.45, 2.75) is 0 Å². The second-order valence-electron chi connectivity index (χ2n) is 15.3. The third kappa shape index (κ3) is 5.52. The van der Waals surface area contributed by atoms with Crippen molar-refractivity contribution < 1.29 is 0 Å². The molecule has 280 valence electrons. The molecule has 12 aromatic rings. The van der Waals surface area contributed by atoms with Crippen LogP contribution in [0.1, 0.15) is 0 Å². The van der Waals surface area contributed by atoms with Crippen molar-refractivity contribution >= 4 is 54.4 Å². The minimum Gasteiger partial charge on any atom is -0.309 e. The predicted molar refractivity (Wildman–Crippen MR) is 248 cm³/mol. The van der Waals surface area contributed by atoms with E-state index in [0.29, 0.717) is 17.5 Å². The Kier molecular flexibility index (Phi) is 7.78. The molecule has 0 fully saturated rings. The fourth-order valence-electron chi connectivity index (χ4n) is 8.97. The third-order valence-corrected chi connectivity index (χ3v) is 11.7. The van der Waals surface area contributed by atoms with Crippen LogP contribution in [0.4, 0.5) is 0 Å². The topological polar surface area (TPSA) is 48.5 Å². The molecule has 5 nitrogen and oxygen atoms in total. The normalized spacial score (nSPS) is 11.7. The molecule has 0 N–H and O–H groups in total. The van der Waals surface area contributed by atoms with Gasteiger partial charge < -0.3 is 9.13 Å². The van der Waals surface area contributed by atoms with Crippen LogP contribution in [0, 0.1) is 0 Å². The van der Waals surface area contributed by atoms with Crippen molar-refractivity contribution in [3.63, 3.8) is 0 Å². The summed E-state index contributed by atoms with van der Waals surface area (Å²) < 4.78 is 4.78. The van der Waals surface area contributed by atoms with Crippen LogP contribution in [0.15, 0.2) is 212 Å². The Morgan fingerprint density at radius 3 is 1.35 bits per heavy atom. The first-order valence-electron chi connectivity index (χ1n) is 20.3. The summed E-state index contributed by atoms with van der Waals surface area (Å²) in [7, 11) is 0. The van der Waals surface area contributed by atoms with Crippen molar-refractivity contribution in [2.24, 2.45) is 0 Å². The monoisotopic (exact) mass is 765 g/mol. The molecule has 5 heteroatoms. The fourth-order valence-corrected chi connectivity index (χ4v) is 8.97. The molecule has 3 aromatic heterocycles. The van der Waals surface area contributed by atoms with Gasteiger partial charge in [-0.1, -0.05) is 158 Å². The van der Waals surface area contributed by atoms with Crippen molar-refractivity contribution in [2.75, 3.05) is 0 Å². The molecule has 0 spiro atoms. The van der Waals surface area contributed by atoms with E-state index in [0.717, 1.165) is 33.4 Å². The van der Waals surface area contributed by atoms with Crippen molar-refractivity contribution in [1.82, 2.24) is 24.1 Å². The van der Waals surface area contributed by atoms with E-state index in [4.69, 9.17) is 15.0 Å². The van der Waals surface area contributed by atoms with E-state index in [1.54, 1.807) is 0 Å². The van der Waals surface area contributed by atoms with Gasteiger partial charge in [0.05, 0.1) is 27.8 Å². The number of nitrogens with zero attached hydrogens (tertiary/aromatic N) is 5. The van der Waals surface area contributed by atoms with Gasteiger partial charge in [0.2, 0.25) is 0 Å². The van der Waals surface area contributed by atoms with Crippen molar-refractivity contribution in [1.29, 1.82) is 0 Å². The molecule has 0 aliphatic carbocycles. The van der Waals surface area contributed by atoms with Crippen LogP contribution in [0.25, 0.3) is 111 Å². The maximum atomic E-state index is 5.03. The quantitative estimate of drug-likeness (QED) is 0.169. The fraction of sp³-hybridized carbons (Fsp3) is 0. The number of rotatable bonds is 6. The third-order valence-electron chi connectivity index (χ3n) is 11.7. The maximum absolute atomic E-state index is 5.03. The van der Waals surface area contributed by atoms with Gasteiger partial charge in [0.1, 0.15) is 0 Å². The van der Waals surface area contributed by atoms with Crippen LogP contribution in [0.3, 0.4) is 0 Å². The van der Waals surface area contributed by atoms with Gasteiger partial charge >= 0.3 is 0 Å². The summed E-state index contributed by atoms with van der Waals surface area (Å²) in [5.74, 6) is 1.92. The van der Waals surface area contributed by atoms with E-state index >= 15 is 0 Å². The number of hydrogen-bond acceptors (Lipinski definition) is 3. The first kappa shape index (κ1) is 33.9. The number of aromatic nitrogens is 5. The minimum absolute atomic E-state index is 0.629. The molecule has 12 rings (SSSR count). The number of para-hydroxylation sites is 2. The Morgan fingerprint density at radius 1 is 0.267 bits per heavy atom. The van der Waals surface area contributed by atoms with Gasteiger partial charge in [-0.05, 0) is 71.1 Å². The predicted octanol–water partition coefficient (Wildman–Crippen LogP) is 13.9. The second kappa shape index (κ2) is 13.8. The standard InChI is InChI=1S/C55H35N5/c1-3-16-37(17-4-1)53-56-54(38-18-5-2-6-19-38)58-55(57-53)41-21-13-22-42(33-41)59-49-26-11-9-24-44(49)46-34-39(29-31-51(46)59)40-30-32-52-47(35-40)45-25-10-12-27-50(45)60(52)48-28-14-20-36-15-7-8-23-43(36)48/h1-35H. The lowest BCUT2D eigenvalue weighted by Gasteiger charge is -2.12. The molecule has 60 heavy (non-hydrogen) atoms. The van der Waals surface area contributed by atoms with E-state index in [9.17, 15) is 0 Å². The molecule has 0 saturated carbocycles. The largest absolute Gasteiger partial charge is 0.309 e. The van der Waals surface area contributed by atoms with Crippen molar-refractivity contribution in [3.05, 3.63) is 212 Å². The summed E-state index contributed by atoms with van der Waals surface area (Å²) in [4.78, 5) is 15.0. The van der Waals surface area contributed by atoms with Gasteiger partial charge in [-0.25, -0.2) is 15.0 Å². The molecule has 0 unspecified atom stereocenters. The van der Waals surface area contributed by atoms with E-state index in [1.807, 2.05) is 60.7 Å². The molecule has 0 saturated heterocycles. The van der Waals surface area contributed by atoms with Gasteiger partial charge in [-0.2, -0.15) is 0 Å². The summed E-state index contributed by atoms with van der Waals surface area (Å²) >= 11 is 0. The van der Waals surface area contributed by atoms with Gasteiger partial charge in [0.25, 0.3) is 0 Å². The summed E-state index contributed by atoms with van der Waals surface area (Å²) in [6, 6.07) is 75.2. The van der Waals surface area contributed by atoms with Gasteiger partial charge in [0, 0.05) is 49.3 Å². The number of fused-ring (bicyclic) bond motifs is 7. The molecule has 0 aliphatic heterocycles. The highest BCUT2D eigenvalue weighted by Crippen LogP contribution is 2.39. The molecule has 0 atom stereocenters. The minimum atomic E-state index is 0.629. The van der Waals surface area contributed by atoms with E-state index in [-0.39, 0.29) is 0 Å². The SMILES string of the molecule is c1ccc(-c2nc(-c3ccccc3)nc(-c3cccc(-n4c5ccccc5c5cc(-c6ccc7c(c6)c6ccccc6n7-c6cccc7ccccc67)ccc54)c3)n2)cc1. The average molecular weight is 766 g/mol. The molecule has 3 heterocycles. The Morgan fingerprint density at radius 2 is 0.717 bits per heavy atom. The lowest BCUT2D eigenvalue weighted by atomic mass is 10.0. The second-order valence-corrected chi connectivity index (χ2v) is 15.3. The van der Waals surface area contributed by atoms with Crippen LogP contribution < -0.4 is 0 Å². The molecule has 0 amide bonds. The summed E-state index contributed by atoms with van der Waals surface area (Å²) in [5, 5.41) is 7.35. The molecular weight excluding hydrogens is 731 g/mol. The van der Waals surface area contributed by atoms with Crippen LogP contribution in [0.2, 0.25) is 0 Å². The molecule has 0 aliphatic rings. The summed E-state index contributed by atoms with van der Waals surface area (Å²) in [6.45, 7) is 0. The van der Waals surface area contributed by atoms with Crippen LogP contribution in [0.5, 0.6) is 0 Å². The molecule has 9 aromatic carbocycles. The first-order valence-corrected chi connectivity index (χ1v) is 20.3. The Hall–Kier alpha value is -8.15. The highest BCUT2D eigenvalue weighted by atomic mass is 15.0. The Labute approximate surface area is 346 Å². The molecular formula is C55H35N5. The average Bonchev–Trinajstić information content (AvgIpc) is 3.84. The lowest BCUT2D eigenvalue weighted by molar-refractivity contribution is 1.07. The van der Waals surface area contributed by atoms with Crippen LogP contribution in [-0.2, 0) is 0 Å². The first-order chi connectivity index (χ1) is 29.7. The van der Waals surface area contributed by atoms with Crippen LogP contribution >= 0.6 is 0 Å². The molecule has 0 radical (unpaired) electrons. The number of benzene rings is 9. The highest BCUT2D eigenvalue weighted by molar-refractivity contribution is 6.13. The number of hydrogen-bond donors (Lipinski definition) is 0. The Bertz CT molecular complexity index is 3540. The summed E-state index contributed by atoms with van der Waals surface area (Å²) in [6.07, 6.45) is 0. The lowest BCUT2D eigenvalue weighted by Crippen LogP contribution is -2.01. The zero-order valence-corrected chi connectivity index (χ0v) is 32.4. The zero-order valence-electron chi connectivity index (χ0n) is 32.4. The molecule has 0 bridgehead atoms. The maximum Gasteiger partial charge on any atom is 0.164 e. The van der Waals surface area contributed by atoms with E-state index in [1.165, 1.54) is 60.2 Å². The van der Waals surface area contributed by atoms with Crippen LogP contribution in [-0.4, -0.2) is 24.1 Å². The van der Waals surface area contributed by atoms with Gasteiger partial charge in [-0.15, -0.1) is 0 Å². The smallest absolute Gasteiger partial charge is 0.164 e. The van der Waals surface area contributed by atoms with Gasteiger partial charge in [-0.3, -0.25) is 0 Å². The summed E-state index contributed by atoms with van der Waals surface area (Å²) in [5.41, 5.74) is 12.1. The Balaban J connectivity index is 0.992. The van der Waals surface area contributed by atoms with E-state index < -0.39 is 0 Å². The van der Waals surface area contributed by atoms with Crippen molar-refractivity contribution in [3.8, 4) is 56.7 Å².